The third-order valence-electron chi connectivity index (χ3n) is 3.81. The van der Waals surface area contributed by atoms with Crippen LogP contribution in [0.4, 0.5) is 0 Å². The predicted molar refractivity (Wildman–Crippen MR) is 62.8 cm³/mol. The summed E-state index contributed by atoms with van der Waals surface area (Å²) in [6, 6.07) is 0. The average Bonchev–Trinajstić information content (AvgIpc) is 2.17. The lowest BCUT2D eigenvalue weighted by Gasteiger charge is -2.33. The second-order valence-electron chi connectivity index (χ2n) is 6.05. The van der Waals surface area contributed by atoms with Gasteiger partial charge in [-0.05, 0) is 30.6 Å². The van der Waals surface area contributed by atoms with Crippen LogP contribution < -0.4 is 0 Å². The molecule has 1 saturated heterocycles. The van der Waals surface area contributed by atoms with E-state index in [1.54, 1.807) is 0 Å². The Hall–Kier alpha value is -0.0800. The van der Waals surface area contributed by atoms with E-state index in [4.69, 9.17) is 4.74 Å². The molecule has 1 aliphatic rings. The van der Waals surface area contributed by atoms with E-state index in [2.05, 4.69) is 27.7 Å². The maximum Gasteiger partial charge on any atom is 0.0593 e. The van der Waals surface area contributed by atoms with Crippen LogP contribution in [0.3, 0.4) is 0 Å². The Morgan fingerprint density at radius 1 is 1.40 bits per heavy atom. The van der Waals surface area contributed by atoms with Crippen LogP contribution in [0.2, 0.25) is 0 Å². The zero-order valence-electron chi connectivity index (χ0n) is 10.6. The van der Waals surface area contributed by atoms with E-state index in [9.17, 15) is 5.11 Å². The summed E-state index contributed by atoms with van der Waals surface area (Å²) < 4.78 is 5.41. The molecule has 0 aromatic rings. The van der Waals surface area contributed by atoms with Crippen molar-refractivity contribution in [3.05, 3.63) is 0 Å². The number of rotatable bonds is 3. The normalized spacial score (nSPS) is 27.4. The van der Waals surface area contributed by atoms with Crippen molar-refractivity contribution >= 4 is 0 Å². The predicted octanol–water partition coefficient (Wildman–Crippen LogP) is 2.85. The van der Waals surface area contributed by atoms with Gasteiger partial charge < -0.3 is 9.84 Å². The standard InChI is InChI=1S/C13H26O2/c1-10(13(2,3)4)8-12(14)11-6-5-7-15-9-11/h10-12,14H,5-9H2,1-4H3. The number of hydrogen-bond acceptors (Lipinski definition) is 2. The summed E-state index contributed by atoms with van der Waals surface area (Å²) in [4.78, 5) is 0. The monoisotopic (exact) mass is 214 g/mol. The quantitative estimate of drug-likeness (QED) is 0.783. The van der Waals surface area contributed by atoms with E-state index in [-0.39, 0.29) is 11.5 Å². The Bertz CT molecular complexity index is 177. The molecule has 0 amide bonds. The van der Waals surface area contributed by atoms with E-state index in [0.29, 0.717) is 11.8 Å². The van der Waals surface area contributed by atoms with Crippen LogP contribution in [0.1, 0.15) is 47.0 Å². The van der Waals surface area contributed by atoms with Gasteiger partial charge in [-0.1, -0.05) is 27.7 Å². The van der Waals surface area contributed by atoms with Crippen LogP contribution in [0.5, 0.6) is 0 Å². The lowest BCUT2D eigenvalue weighted by molar-refractivity contribution is -0.0230. The fraction of sp³-hybridized carbons (Fsp3) is 1.00. The van der Waals surface area contributed by atoms with Crippen molar-refractivity contribution in [3.63, 3.8) is 0 Å². The van der Waals surface area contributed by atoms with Gasteiger partial charge >= 0.3 is 0 Å². The van der Waals surface area contributed by atoms with Gasteiger partial charge in [-0.2, -0.15) is 0 Å². The van der Waals surface area contributed by atoms with Gasteiger partial charge in [0.1, 0.15) is 0 Å². The molecule has 1 N–H and O–H groups in total. The molecule has 0 aliphatic carbocycles. The first-order valence-corrected chi connectivity index (χ1v) is 6.17. The zero-order valence-corrected chi connectivity index (χ0v) is 10.6. The minimum Gasteiger partial charge on any atom is -0.393 e. The first kappa shape index (κ1) is 13.0. The molecule has 90 valence electrons. The summed E-state index contributed by atoms with van der Waals surface area (Å²) in [7, 11) is 0. The van der Waals surface area contributed by atoms with Crippen molar-refractivity contribution in [1.82, 2.24) is 0 Å². The molecule has 0 radical (unpaired) electrons. The van der Waals surface area contributed by atoms with Gasteiger partial charge in [-0.15, -0.1) is 0 Å². The molecule has 2 heteroatoms. The molecular formula is C13H26O2. The first-order valence-electron chi connectivity index (χ1n) is 6.17. The lowest BCUT2D eigenvalue weighted by Crippen LogP contribution is -2.32. The molecule has 1 heterocycles. The van der Waals surface area contributed by atoms with Gasteiger partial charge in [0, 0.05) is 12.5 Å². The molecular weight excluding hydrogens is 188 g/mol. The SMILES string of the molecule is CC(CC(O)C1CCCOC1)C(C)(C)C. The van der Waals surface area contributed by atoms with Crippen molar-refractivity contribution in [3.8, 4) is 0 Å². The highest BCUT2D eigenvalue weighted by molar-refractivity contribution is 4.78. The largest absolute Gasteiger partial charge is 0.393 e. The van der Waals surface area contributed by atoms with Gasteiger partial charge in [0.25, 0.3) is 0 Å². The fourth-order valence-corrected chi connectivity index (χ4v) is 1.98. The molecule has 1 aliphatic heterocycles. The third-order valence-corrected chi connectivity index (χ3v) is 3.81. The van der Waals surface area contributed by atoms with Gasteiger partial charge in [0.2, 0.25) is 0 Å². The van der Waals surface area contributed by atoms with E-state index >= 15 is 0 Å². The van der Waals surface area contributed by atoms with E-state index in [1.807, 2.05) is 0 Å². The molecule has 0 spiro atoms. The van der Waals surface area contributed by atoms with E-state index in [1.165, 1.54) is 0 Å². The Morgan fingerprint density at radius 3 is 2.53 bits per heavy atom. The molecule has 3 unspecified atom stereocenters. The van der Waals surface area contributed by atoms with Crippen molar-refractivity contribution in [2.45, 2.75) is 53.1 Å². The smallest absolute Gasteiger partial charge is 0.0593 e. The van der Waals surface area contributed by atoms with Crippen LogP contribution in [0.25, 0.3) is 0 Å². The Balaban J connectivity index is 2.36. The zero-order chi connectivity index (χ0) is 11.5. The van der Waals surface area contributed by atoms with E-state index < -0.39 is 0 Å². The fourth-order valence-electron chi connectivity index (χ4n) is 1.98. The number of aliphatic hydroxyl groups is 1. The van der Waals surface area contributed by atoms with Crippen LogP contribution in [0, 0.1) is 17.3 Å². The third kappa shape index (κ3) is 4.12. The minimum atomic E-state index is -0.181. The number of aliphatic hydroxyl groups excluding tert-OH is 1. The summed E-state index contributed by atoms with van der Waals surface area (Å²) in [6.07, 6.45) is 2.95. The highest BCUT2D eigenvalue weighted by atomic mass is 16.5. The van der Waals surface area contributed by atoms with Crippen LogP contribution in [-0.2, 0) is 4.74 Å². The maximum atomic E-state index is 10.1. The summed E-state index contributed by atoms with van der Waals surface area (Å²) in [5.74, 6) is 0.915. The molecule has 0 saturated carbocycles. The second kappa shape index (κ2) is 5.31. The second-order valence-corrected chi connectivity index (χ2v) is 6.05. The van der Waals surface area contributed by atoms with Gasteiger partial charge in [-0.3, -0.25) is 0 Å². The molecule has 0 bridgehead atoms. The first-order chi connectivity index (χ1) is 6.91. The Labute approximate surface area is 94.0 Å². The molecule has 1 fully saturated rings. The summed E-state index contributed by atoms with van der Waals surface area (Å²) >= 11 is 0. The minimum absolute atomic E-state index is 0.181. The highest BCUT2D eigenvalue weighted by Gasteiger charge is 2.28. The van der Waals surface area contributed by atoms with Crippen LogP contribution in [0.15, 0.2) is 0 Å². The summed E-state index contributed by atoms with van der Waals surface area (Å²) in [5.41, 5.74) is 0.288. The summed E-state index contributed by atoms with van der Waals surface area (Å²) in [6.45, 7) is 10.6. The highest BCUT2D eigenvalue weighted by Crippen LogP contribution is 2.31. The topological polar surface area (TPSA) is 29.5 Å². The molecule has 1 rings (SSSR count). The molecule has 0 aromatic carbocycles. The molecule has 15 heavy (non-hydrogen) atoms. The number of hydrogen-bond donors (Lipinski definition) is 1. The molecule has 0 aromatic heterocycles. The molecule has 2 nitrogen and oxygen atoms in total. The summed E-state index contributed by atoms with van der Waals surface area (Å²) in [5, 5.41) is 10.1. The maximum absolute atomic E-state index is 10.1. The van der Waals surface area contributed by atoms with Gasteiger partial charge in [0.05, 0.1) is 12.7 Å². The van der Waals surface area contributed by atoms with E-state index in [0.717, 1.165) is 32.5 Å². The van der Waals surface area contributed by atoms with Gasteiger partial charge in [0.15, 0.2) is 0 Å². The van der Waals surface area contributed by atoms with Crippen LogP contribution >= 0.6 is 0 Å². The Morgan fingerprint density at radius 2 is 2.07 bits per heavy atom. The number of ether oxygens (including phenoxy) is 1. The molecule has 3 atom stereocenters. The van der Waals surface area contributed by atoms with Crippen molar-refractivity contribution in [1.29, 1.82) is 0 Å². The Kier molecular flexibility index (Phi) is 4.60. The average molecular weight is 214 g/mol. The lowest BCUT2D eigenvalue weighted by atomic mass is 9.77. The van der Waals surface area contributed by atoms with Crippen molar-refractivity contribution in [2.75, 3.05) is 13.2 Å². The van der Waals surface area contributed by atoms with Gasteiger partial charge in [-0.25, -0.2) is 0 Å². The van der Waals surface area contributed by atoms with Crippen molar-refractivity contribution in [2.24, 2.45) is 17.3 Å². The van der Waals surface area contributed by atoms with Crippen molar-refractivity contribution < 1.29 is 9.84 Å². The van der Waals surface area contributed by atoms with Crippen LogP contribution in [-0.4, -0.2) is 24.4 Å².